The molecule has 3 nitrogen and oxygen atoms in total. The van der Waals surface area contributed by atoms with Crippen LogP contribution in [-0.2, 0) is 19.6 Å². The minimum Gasteiger partial charge on any atom is -0.325 e. The Morgan fingerprint density at radius 1 is 1.11 bits per heavy atom. The summed E-state index contributed by atoms with van der Waals surface area (Å²) in [6, 6.07) is 13.9. The molecule has 0 radical (unpaired) electrons. The van der Waals surface area contributed by atoms with E-state index in [1.54, 1.807) is 0 Å². The molecule has 0 spiro atoms. The second-order valence-corrected chi connectivity index (χ2v) is 5.06. The van der Waals surface area contributed by atoms with Gasteiger partial charge < -0.3 is 5.73 Å². The van der Waals surface area contributed by atoms with Crippen LogP contribution in [0, 0.1) is 0 Å². The first kappa shape index (κ1) is 14.0. The van der Waals surface area contributed by atoms with Crippen molar-refractivity contribution in [1.82, 2.24) is 9.88 Å². The van der Waals surface area contributed by atoms with Gasteiger partial charge in [-0.25, -0.2) is 0 Å². The van der Waals surface area contributed by atoms with Crippen LogP contribution < -0.4 is 5.73 Å². The quantitative estimate of drug-likeness (QED) is 0.912. The molecule has 2 aromatic rings. The van der Waals surface area contributed by atoms with Crippen LogP contribution in [0.1, 0.15) is 17.0 Å². The number of benzene rings is 1. The number of nitrogens with zero attached hydrogens (tertiary/aromatic N) is 2. The molecule has 0 unspecified atom stereocenters. The molecule has 0 saturated carbocycles. The Bertz CT molecular complexity index is 542. The van der Waals surface area contributed by atoms with E-state index in [4.69, 9.17) is 17.3 Å². The van der Waals surface area contributed by atoms with Crippen LogP contribution >= 0.6 is 11.6 Å². The van der Waals surface area contributed by atoms with Gasteiger partial charge in [0.15, 0.2) is 0 Å². The number of nitrogens with two attached hydrogens (primary N) is 1. The van der Waals surface area contributed by atoms with Crippen molar-refractivity contribution in [3.8, 4) is 0 Å². The fourth-order valence-electron chi connectivity index (χ4n) is 2.01. The van der Waals surface area contributed by atoms with Crippen molar-refractivity contribution < 1.29 is 0 Å². The minimum atomic E-state index is 0.478. The fraction of sp³-hybridized carbons (Fsp3) is 0.267. The van der Waals surface area contributed by atoms with Crippen LogP contribution in [0.5, 0.6) is 0 Å². The molecular formula is C15H18ClN3. The van der Waals surface area contributed by atoms with Crippen molar-refractivity contribution in [2.75, 3.05) is 7.05 Å². The van der Waals surface area contributed by atoms with Gasteiger partial charge in [-0.05, 0) is 36.9 Å². The molecule has 0 fully saturated rings. The Morgan fingerprint density at radius 2 is 1.84 bits per heavy atom. The lowest BCUT2D eigenvalue weighted by molar-refractivity contribution is 0.315. The van der Waals surface area contributed by atoms with Crippen LogP contribution in [0.2, 0.25) is 5.02 Å². The maximum atomic E-state index is 5.98. The molecule has 0 amide bonds. The molecule has 1 aromatic carbocycles. The lowest BCUT2D eigenvalue weighted by Crippen LogP contribution is -2.18. The van der Waals surface area contributed by atoms with Gasteiger partial charge in [-0.15, -0.1) is 0 Å². The average Bonchev–Trinajstić information content (AvgIpc) is 2.38. The highest BCUT2D eigenvalue weighted by molar-refractivity contribution is 6.30. The van der Waals surface area contributed by atoms with Gasteiger partial charge in [0, 0.05) is 24.7 Å². The molecule has 100 valence electrons. The van der Waals surface area contributed by atoms with Crippen LogP contribution in [0.15, 0.2) is 42.5 Å². The molecule has 1 heterocycles. The fourth-order valence-corrected chi connectivity index (χ4v) is 2.22. The highest BCUT2D eigenvalue weighted by atomic mass is 35.5. The van der Waals surface area contributed by atoms with Crippen molar-refractivity contribution in [1.29, 1.82) is 0 Å². The average molecular weight is 276 g/mol. The summed E-state index contributed by atoms with van der Waals surface area (Å²) in [6.07, 6.45) is 0. The highest BCUT2D eigenvalue weighted by Gasteiger charge is 2.04. The molecular weight excluding hydrogens is 258 g/mol. The van der Waals surface area contributed by atoms with E-state index in [0.29, 0.717) is 6.54 Å². The van der Waals surface area contributed by atoms with Crippen LogP contribution in [0.25, 0.3) is 0 Å². The van der Waals surface area contributed by atoms with Crippen molar-refractivity contribution in [3.05, 3.63) is 64.4 Å². The highest BCUT2D eigenvalue weighted by Crippen LogP contribution is 2.13. The van der Waals surface area contributed by atoms with E-state index in [1.807, 2.05) is 36.4 Å². The zero-order chi connectivity index (χ0) is 13.7. The van der Waals surface area contributed by atoms with Crippen molar-refractivity contribution in [3.63, 3.8) is 0 Å². The van der Waals surface area contributed by atoms with Crippen LogP contribution in [0.4, 0.5) is 0 Å². The topological polar surface area (TPSA) is 42.1 Å². The van der Waals surface area contributed by atoms with Crippen LogP contribution in [0.3, 0.4) is 0 Å². The van der Waals surface area contributed by atoms with Gasteiger partial charge in [-0.3, -0.25) is 9.88 Å². The first-order chi connectivity index (χ1) is 9.17. The Labute approximate surface area is 119 Å². The second-order valence-electron chi connectivity index (χ2n) is 4.63. The summed E-state index contributed by atoms with van der Waals surface area (Å²) in [6.45, 7) is 2.11. The SMILES string of the molecule is CN(Cc1cccc(Cl)c1)Cc1cccc(CN)n1. The van der Waals surface area contributed by atoms with Gasteiger partial charge in [0.05, 0.1) is 11.4 Å². The maximum absolute atomic E-state index is 5.98. The third kappa shape index (κ3) is 4.31. The molecule has 1 aromatic heterocycles. The summed E-state index contributed by atoms with van der Waals surface area (Å²) in [5.41, 5.74) is 8.76. The molecule has 2 N–H and O–H groups in total. The molecule has 19 heavy (non-hydrogen) atoms. The van der Waals surface area contributed by atoms with Crippen molar-refractivity contribution in [2.45, 2.75) is 19.6 Å². The number of hydrogen-bond donors (Lipinski definition) is 1. The smallest absolute Gasteiger partial charge is 0.0547 e. The number of hydrogen-bond acceptors (Lipinski definition) is 3. The maximum Gasteiger partial charge on any atom is 0.0547 e. The summed E-state index contributed by atoms with van der Waals surface area (Å²) >= 11 is 5.98. The Morgan fingerprint density at radius 3 is 2.58 bits per heavy atom. The summed E-state index contributed by atoms with van der Waals surface area (Å²) < 4.78 is 0. The van der Waals surface area contributed by atoms with Gasteiger partial charge in [0.2, 0.25) is 0 Å². The van der Waals surface area contributed by atoms with E-state index >= 15 is 0 Å². The van der Waals surface area contributed by atoms with Crippen molar-refractivity contribution in [2.24, 2.45) is 5.73 Å². The van der Waals surface area contributed by atoms with Crippen molar-refractivity contribution >= 4 is 11.6 Å². The van der Waals surface area contributed by atoms with E-state index in [9.17, 15) is 0 Å². The molecule has 0 aliphatic heterocycles. The predicted molar refractivity (Wildman–Crippen MR) is 78.8 cm³/mol. The number of aromatic nitrogens is 1. The van der Waals surface area contributed by atoms with Crippen LogP contribution in [-0.4, -0.2) is 16.9 Å². The lowest BCUT2D eigenvalue weighted by Gasteiger charge is -2.16. The zero-order valence-corrected chi connectivity index (χ0v) is 11.8. The predicted octanol–water partition coefficient (Wildman–Crippen LogP) is 2.83. The van der Waals surface area contributed by atoms with E-state index in [-0.39, 0.29) is 0 Å². The Balaban J connectivity index is 1.98. The van der Waals surface area contributed by atoms with Gasteiger partial charge in [0.1, 0.15) is 0 Å². The molecule has 0 atom stereocenters. The van der Waals surface area contributed by atoms with E-state index in [2.05, 4.69) is 23.0 Å². The zero-order valence-electron chi connectivity index (χ0n) is 11.0. The normalized spacial score (nSPS) is 10.9. The van der Waals surface area contributed by atoms with Gasteiger partial charge in [-0.1, -0.05) is 29.8 Å². The molecule has 0 saturated heterocycles. The number of rotatable bonds is 5. The van der Waals surface area contributed by atoms with Gasteiger partial charge in [-0.2, -0.15) is 0 Å². The van der Waals surface area contributed by atoms with Gasteiger partial charge in [0.25, 0.3) is 0 Å². The first-order valence-corrected chi connectivity index (χ1v) is 6.63. The third-order valence-electron chi connectivity index (χ3n) is 2.85. The van der Waals surface area contributed by atoms with E-state index in [0.717, 1.165) is 29.5 Å². The Kier molecular flexibility index (Phi) is 4.91. The second kappa shape index (κ2) is 6.66. The van der Waals surface area contributed by atoms with E-state index < -0.39 is 0 Å². The summed E-state index contributed by atoms with van der Waals surface area (Å²) in [5.74, 6) is 0. The standard InChI is InChI=1S/C15H18ClN3/c1-19(10-12-4-2-5-13(16)8-12)11-15-7-3-6-14(9-17)18-15/h2-8H,9-11,17H2,1H3. The van der Waals surface area contributed by atoms with Gasteiger partial charge >= 0.3 is 0 Å². The molecule has 0 aliphatic carbocycles. The lowest BCUT2D eigenvalue weighted by atomic mass is 10.2. The summed E-state index contributed by atoms with van der Waals surface area (Å²) in [4.78, 5) is 6.70. The number of halogens is 1. The summed E-state index contributed by atoms with van der Waals surface area (Å²) in [5, 5.41) is 0.772. The Hall–Kier alpha value is -1.42. The molecule has 2 rings (SSSR count). The first-order valence-electron chi connectivity index (χ1n) is 6.25. The summed E-state index contributed by atoms with van der Waals surface area (Å²) in [7, 11) is 2.07. The molecule has 0 aliphatic rings. The third-order valence-corrected chi connectivity index (χ3v) is 3.08. The minimum absolute atomic E-state index is 0.478. The molecule has 0 bridgehead atoms. The monoisotopic (exact) mass is 275 g/mol. The largest absolute Gasteiger partial charge is 0.325 e. The molecule has 4 heteroatoms. The number of pyridine rings is 1. The van der Waals surface area contributed by atoms with E-state index in [1.165, 1.54) is 5.56 Å².